The Morgan fingerprint density at radius 1 is 1.67 bits per heavy atom. The van der Waals surface area contributed by atoms with Gasteiger partial charge >= 0.3 is 0 Å². The van der Waals surface area contributed by atoms with Gasteiger partial charge in [-0.3, -0.25) is 4.79 Å². The first kappa shape index (κ1) is 14.7. The molecular formula is C11H14ClN3O2S. The normalized spacial score (nSPS) is 11.7. The lowest BCUT2D eigenvalue weighted by Crippen LogP contribution is -2.37. The molecule has 0 aromatic carbocycles. The van der Waals surface area contributed by atoms with Crippen LogP contribution in [0.2, 0.25) is 0 Å². The molecule has 2 aromatic heterocycles. The molecule has 0 saturated heterocycles. The van der Waals surface area contributed by atoms with Crippen LogP contribution in [-0.2, 0) is 11.3 Å². The second-order valence-electron chi connectivity index (χ2n) is 3.63. The van der Waals surface area contributed by atoms with Gasteiger partial charge in [-0.2, -0.15) is 0 Å². The van der Waals surface area contributed by atoms with E-state index in [9.17, 15) is 4.79 Å². The summed E-state index contributed by atoms with van der Waals surface area (Å²) in [4.78, 5) is 16.5. The first-order valence-corrected chi connectivity index (χ1v) is 6.06. The number of oxazole rings is 1. The molecule has 0 fully saturated rings. The molecule has 0 aliphatic heterocycles. The SMILES string of the molecule is C[C@@H](N)C(=O)NCc1coc(-c2cccs2)n1.Cl. The lowest BCUT2D eigenvalue weighted by Gasteiger charge is -2.04. The second kappa shape index (κ2) is 6.53. The molecule has 0 radical (unpaired) electrons. The maximum absolute atomic E-state index is 11.3. The van der Waals surface area contributed by atoms with E-state index in [1.807, 2.05) is 17.5 Å². The molecule has 0 bridgehead atoms. The lowest BCUT2D eigenvalue weighted by molar-refractivity contribution is -0.122. The van der Waals surface area contributed by atoms with Gasteiger partial charge in [-0.25, -0.2) is 4.98 Å². The molecule has 0 saturated carbocycles. The summed E-state index contributed by atoms with van der Waals surface area (Å²) in [6.45, 7) is 1.96. The highest BCUT2D eigenvalue weighted by molar-refractivity contribution is 7.13. The van der Waals surface area contributed by atoms with Gasteiger partial charge in [-0.1, -0.05) is 6.07 Å². The molecule has 0 spiro atoms. The summed E-state index contributed by atoms with van der Waals surface area (Å²) in [6, 6.07) is 3.35. The van der Waals surface area contributed by atoms with Gasteiger partial charge in [-0.15, -0.1) is 23.7 Å². The minimum Gasteiger partial charge on any atom is -0.443 e. The molecule has 0 aliphatic rings. The number of rotatable bonds is 4. The third-order valence-electron chi connectivity index (χ3n) is 2.14. The highest BCUT2D eigenvalue weighted by Crippen LogP contribution is 2.23. The quantitative estimate of drug-likeness (QED) is 0.898. The number of carbonyl (C=O) groups is 1. The van der Waals surface area contributed by atoms with Gasteiger partial charge in [0, 0.05) is 0 Å². The van der Waals surface area contributed by atoms with Crippen molar-refractivity contribution in [2.75, 3.05) is 0 Å². The summed E-state index contributed by atoms with van der Waals surface area (Å²) >= 11 is 1.56. The summed E-state index contributed by atoms with van der Waals surface area (Å²) in [6.07, 6.45) is 1.54. The van der Waals surface area contributed by atoms with E-state index in [2.05, 4.69) is 10.3 Å². The van der Waals surface area contributed by atoms with Crippen molar-refractivity contribution < 1.29 is 9.21 Å². The highest BCUT2D eigenvalue weighted by atomic mass is 35.5. The average molecular weight is 288 g/mol. The predicted octanol–water partition coefficient (Wildman–Crippen LogP) is 1.79. The molecule has 1 amide bonds. The van der Waals surface area contributed by atoms with Crippen molar-refractivity contribution in [3.8, 4) is 10.8 Å². The highest BCUT2D eigenvalue weighted by Gasteiger charge is 2.10. The van der Waals surface area contributed by atoms with Gasteiger partial charge in [-0.05, 0) is 18.4 Å². The molecule has 1 atom stereocenters. The Morgan fingerprint density at radius 3 is 3.06 bits per heavy atom. The van der Waals surface area contributed by atoms with Crippen LogP contribution < -0.4 is 11.1 Å². The van der Waals surface area contributed by atoms with Crippen molar-refractivity contribution in [2.24, 2.45) is 5.73 Å². The summed E-state index contributed by atoms with van der Waals surface area (Å²) in [5.74, 6) is 0.371. The molecule has 0 aliphatic carbocycles. The fraction of sp³-hybridized carbons (Fsp3) is 0.273. The van der Waals surface area contributed by atoms with E-state index < -0.39 is 6.04 Å². The maximum Gasteiger partial charge on any atom is 0.236 e. The Balaban J connectivity index is 0.00000162. The summed E-state index contributed by atoms with van der Waals surface area (Å²) in [5, 5.41) is 4.63. The fourth-order valence-electron chi connectivity index (χ4n) is 1.24. The molecular weight excluding hydrogens is 274 g/mol. The van der Waals surface area contributed by atoms with E-state index in [4.69, 9.17) is 10.2 Å². The van der Waals surface area contributed by atoms with Crippen molar-refractivity contribution in [1.82, 2.24) is 10.3 Å². The van der Waals surface area contributed by atoms with Gasteiger partial charge in [0.25, 0.3) is 0 Å². The zero-order valence-electron chi connectivity index (χ0n) is 9.75. The predicted molar refractivity (Wildman–Crippen MR) is 72.6 cm³/mol. The van der Waals surface area contributed by atoms with Crippen LogP contribution in [-0.4, -0.2) is 16.9 Å². The summed E-state index contributed by atoms with van der Waals surface area (Å²) < 4.78 is 5.32. The Bertz CT molecular complexity index is 496. The first-order chi connectivity index (χ1) is 8.16. The van der Waals surface area contributed by atoms with Crippen LogP contribution in [0.1, 0.15) is 12.6 Å². The molecule has 18 heavy (non-hydrogen) atoms. The first-order valence-electron chi connectivity index (χ1n) is 5.18. The Kier molecular flexibility index (Phi) is 5.33. The number of carbonyl (C=O) groups excluding carboxylic acids is 1. The molecule has 5 nitrogen and oxygen atoms in total. The molecule has 2 heterocycles. The van der Waals surface area contributed by atoms with Gasteiger partial charge in [0.1, 0.15) is 6.26 Å². The average Bonchev–Trinajstić information content (AvgIpc) is 2.95. The van der Waals surface area contributed by atoms with E-state index in [0.29, 0.717) is 18.1 Å². The minimum absolute atomic E-state index is 0. The van der Waals surface area contributed by atoms with Crippen LogP contribution >= 0.6 is 23.7 Å². The second-order valence-corrected chi connectivity index (χ2v) is 4.58. The number of nitrogens with two attached hydrogens (primary N) is 1. The van der Waals surface area contributed by atoms with E-state index in [1.165, 1.54) is 6.26 Å². The van der Waals surface area contributed by atoms with E-state index >= 15 is 0 Å². The lowest BCUT2D eigenvalue weighted by atomic mass is 10.3. The monoisotopic (exact) mass is 287 g/mol. The maximum atomic E-state index is 11.3. The summed E-state index contributed by atoms with van der Waals surface area (Å²) in [5.41, 5.74) is 6.11. The Morgan fingerprint density at radius 2 is 2.44 bits per heavy atom. The standard InChI is InChI=1S/C11H13N3O2S.ClH/c1-7(12)10(15)13-5-8-6-16-11(14-8)9-3-2-4-17-9;/h2-4,6-7H,5,12H2,1H3,(H,13,15);1H/t7-;/m1./s1. The smallest absolute Gasteiger partial charge is 0.236 e. The van der Waals surface area contributed by atoms with Crippen LogP contribution in [0.25, 0.3) is 10.8 Å². The summed E-state index contributed by atoms with van der Waals surface area (Å²) in [7, 11) is 0. The number of nitrogens with one attached hydrogen (secondary N) is 1. The van der Waals surface area contributed by atoms with Crippen molar-refractivity contribution in [1.29, 1.82) is 0 Å². The molecule has 2 aromatic rings. The van der Waals surface area contributed by atoms with Crippen LogP contribution in [0.4, 0.5) is 0 Å². The fourth-order valence-corrected chi connectivity index (χ4v) is 1.90. The van der Waals surface area contributed by atoms with Crippen LogP contribution in [0, 0.1) is 0 Å². The largest absolute Gasteiger partial charge is 0.443 e. The third-order valence-corrected chi connectivity index (χ3v) is 3.00. The van der Waals surface area contributed by atoms with Crippen LogP contribution in [0.15, 0.2) is 28.2 Å². The number of hydrogen-bond donors (Lipinski definition) is 2. The van der Waals surface area contributed by atoms with Crippen LogP contribution in [0.3, 0.4) is 0 Å². The minimum atomic E-state index is -0.515. The van der Waals surface area contributed by atoms with Gasteiger partial charge < -0.3 is 15.5 Å². The third kappa shape index (κ3) is 3.56. The number of thiophene rings is 1. The van der Waals surface area contributed by atoms with Crippen molar-refractivity contribution in [3.63, 3.8) is 0 Å². The molecule has 7 heteroatoms. The van der Waals surface area contributed by atoms with Crippen LogP contribution in [0.5, 0.6) is 0 Å². The number of aromatic nitrogens is 1. The zero-order chi connectivity index (χ0) is 12.3. The molecule has 0 unspecified atom stereocenters. The number of nitrogens with zero attached hydrogens (tertiary/aromatic N) is 1. The number of hydrogen-bond acceptors (Lipinski definition) is 5. The topological polar surface area (TPSA) is 81.2 Å². The van der Waals surface area contributed by atoms with Gasteiger partial charge in [0.15, 0.2) is 0 Å². The van der Waals surface area contributed by atoms with Crippen molar-refractivity contribution in [2.45, 2.75) is 19.5 Å². The van der Waals surface area contributed by atoms with E-state index in [0.717, 1.165) is 4.88 Å². The van der Waals surface area contributed by atoms with Gasteiger partial charge in [0.05, 0.1) is 23.2 Å². The Labute approximate surface area is 115 Å². The van der Waals surface area contributed by atoms with Crippen molar-refractivity contribution in [3.05, 3.63) is 29.5 Å². The van der Waals surface area contributed by atoms with Gasteiger partial charge in [0.2, 0.25) is 11.8 Å². The molecule has 3 N–H and O–H groups in total. The Hall–Kier alpha value is -1.37. The molecule has 98 valence electrons. The van der Waals surface area contributed by atoms with E-state index in [-0.39, 0.29) is 18.3 Å². The number of halogens is 1. The van der Waals surface area contributed by atoms with E-state index in [1.54, 1.807) is 18.3 Å². The zero-order valence-corrected chi connectivity index (χ0v) is 11.4. The molecule has 2 rings (SSSR count). The van der Waals surface area contributed by atoms with Crippen molar-refractivity contribution >= 4 is 29.7 Å². The number of amides is 1.